The summed E-state index contributed by atoms with van der Waals surface area (Å²) in [6.07, 6.45) is 1.83. The van der Waals surface area contributed by atoms with Gasteiger partial charge in [0.2, 0.25) is 0 Å². The van der Waals surface area contributed by atoms with E-state index >= 15 is 0 Å². The largest absolute Gasteiger partial charge is 0.387 e. The molecule has 0 spiro atoms. The molecule has 0 heterocycles. The van der Waals surface area contributed by atoms with Crippen molar-refractivity contribution in [1.29, 1.82) is 0 Å². The highest BCUT2D eigenvalue weighted by molar-refractivity contribution is 5.24. The van der Waals surface area contributed by atoms with Crippen LogP contribution in [0.25, 0.3) is 0 Å². The minimum atomic E-state index is -0.392. The number of aliphatic hydroxyl groups is 1. The average molecular weight is 277 g/mol. The first kappa shape index (κ1) is 17.2. The number of nitrogens with zero attached hydrogens (tertiary/aromatic N) is 1. The summed E-state index contributed by atoms with van der Waals surface area (Å²) >= 11 is 0. The lowest BCUT2D eigenvalue weighted by molar-refractivity contribution is 0.0935. The predicted molar refractivity (Wildman–Crippen MR) is 86.9 cm³/mol. The predicted octanol–water partition coefficient (Wildman–Crippen LogP) is 4.04. The molecule has 0 bridgehead atoms. The molecule has 0 aromatic heterocycles. The van der Waals surface area contributed by atoms with E-state index in [1.54, 1.807) is 0 Å². The zero-order valence-corrected chi connectivity index (χ0v) is 13.8. The van der Waals surface area contributed by atoms with E-state index in [4.69, 9.17) is 0 Å². The molecular formula is C18H31NO. The van der Waals surface area contributed by atoms with Crippen molar-refractivity contribution in [2.75, 3.05) is 13.1 Å². The second-order valence-corrected chi connectivity index (χ2v) is 6.20. The molecule has 0 radical (unpaired) electrons. The number of rotatable bonds is 8. The second kappa shape index (κ2) is 8.43. The molecule has 0 saturated carbocycles. The van der Waals surface area contributed by atoms with E-state index in [9.17, 15) is 5.11 Å². The fourth-order valence-electron chi connectivity index (χ4n) is 2.55. The van der Waals surface area contributed by atoms with Crippen LogP contribution in [0.5, 0.6) is 0 Å². The van der Waals surface area contributed by atoms with E-state index in [2.05, 4.69) is 63.8 Å². The second-order valence-electron chi connectivity index (χ2n) is 6.20. The molecule has 0 fully saturated rings. The Balaban J connectivity index is 2.64. The van der Waals surface area contributed by atoms with Crippen molar-refractivity contribution in [3.05, 3.63) is 35.4 Å². The first-order valence-electron chi connectivity index (χ1n) is 7.98. The zero-order valence-electron chi connectivity index (χ0n) is 13.8. The highest BCUT2D eigenvalue weighted by atomic mass is 16.3. The van der Waals surface area contributed by atoms with Gasteiger partial charge < -0.3 is 5.11 Å². The van der Waals surface area contributed by atoms with E-state index in [-0.39, 0.29) is 0 Å². The lowest BCUT2D eigenvalue weighted by atomic mass is 10.00. The molecule has 1 N–H and O–H groups in total. The summed E-state index contributed by atoms with van der Waals surface area (Å²) in [5, 5.41) is 10.4. The fraction of sp³-hybridized carbons (Fsp3) is 0.667. The van der Waals surface area contributed by atoms with Crippen LogP contribution in [0.3, 0.4) is 0 Å². The Bertz CT molecular complexity index is 372. The SMILES string of the molecule is CCC(C)N(CC)CC(O)c1ccc(CC(C)C)cc1. The van der Waals surface area contributed by atoms with Crippen LogP contribution >= 0.6 is 0 Å². The Labute approximate surface area is 124 Å². The highest BCUT2D eigenvalue weighted by Gasteiger charge is 2.16. The molecule has 0 aliphatic rings. The summed E-state index contributed by atoms with van der Waals surface area (Å²) in [5.41, 5.74) is 2.38. The summed E-state index contributed by atoms with van der Waals surface area (Å²) in [6.45, 7) is 12.7. The van der Waals surface area contributed by atoms with Crippen LogP contribution in [0, 0.1) is 5.92 Å². The van der Waals surface area contributed by atoms with Gasteiger partial charge in [0.1, 0.15) is 0 Å². The molecule has 114 valence electrons. The Hall–Kier alpha value is -0.860. The van der Waals surface area contributed by atoms with Gasteiger partial charge in [0, 0.05) is 12.6 Å². The van der Waals surface area contributed by atoms with Crippen LogP contribution in [0.15, 0.2) is 24.3 Å². The summed E-state index contributed by atoms with van der Waals surface area (Å²) in [6, 6.07) is 8.98. The topological polar surface area (TPSA) is 23.5 Å². The average Bonchev–Trinajstić information content (AvgIpc) is 2.43. The van der Waals surface area contributed by atoms with E-state index < -0.39 is 6.10 Å². The van der Waals surface area contributed by atoms with Gasteiger partial charge in [0.15, 0.2) is 0 Å². The van der Waals surface area contributed by atoms with E-state index in [1.807, 2.05) is 0 Å². The molecule has 1 aromatic rings. The summed E-state index contributed by atoms with van der Waals surface area (Å²) in [5.74, 6) is 0.673. The number of hydrogen-bond acceptors (Lipinski definition) is 2. The van der Waals surface area contributed by atoms with E-state index in [0.717, 1.165) is 31.5 Å². The third-order valence-corrected chi connectivity index (χ3v) is 4.04. The van der Waals surface area contributed by atoms with Crippen molar-refractivity contribution in [1.82, 2.24) is 4.90 Å². The third-order valence-electron chi connectivity index (χ3n) is 4.04. The lowest BCUT2D eigenvalue weighted by Crippen LogP contribution is -2.35. The first-order chi connectivity index (χ1) is 9.47. The molecule has 0 aliphatic carbocycles. The molecule has 2 nitrogen and oxygen atoms in total. The maximum absolute atomic E-state index is 10.4. The fourth-order valence-corrected chi connectivity index (χ4v) is 2.55. The molecule has 0 amide bonds. The van der Waals surface area contributed by atoms with Gasteiger partial charge in [0.25, 0.3) is 0 Å². The number of hydrogen-bond donors (Lipinski definition) is 1. The summed E-state index contributed by atoms with van der Waals surface area (Å²) in [4.78, 5) is 2.34. The Morgan fingerprint density at radius 3 is 2.10 bits per heavy atom. The van der Waals surface area contributed by atoms with Crippen LogP contribution in [-0.4, -0.2) is 29.1 Å². The Morgan fingerprint density at radius 1 is 1.05 bits per heavy atom. The maximum atomic E-state index is 10.4. The van der Waals surface area contributed by atoms with Gasteiger partial charge in [-0.25, -0.2) is 0 Å². The van der Waals surface area contributed by atoms with Crippen LogP contribution in [0.4, 0.5) is 0 Å². The number of benzene rings is 1. The number of aliphatic hydroxyl groups excluding tert-OH is 1. The highest BCUT2D eigenvalue weighted by Crippen LogP contribution is 2.18. The van der Waals surface area contributed by atoms with Gasteiger partial charge in [-0.15, -0.1) is 0 Å². The molecule has 2 heteroatoms. The minimum absolute atomic E-state index is 0.392. The third kappa shape index (κ3) is 5.26. The smallest absolute Gasteiger partial charge is 0.0917 e. The van der Waals surface area contributed by atoms with Crippen LogP contribution in [0.1, 0.15) is 58.3 Å². The summed E-state index contributed by atoms with van der Waals surface area (Å²) < 4.78 is 0. The van der Waals surface area contributed by atoms with Crippen molar-refractivity contribution in [2.24, 2.45) is 5.92 Å². The summed E-state index contributed by atoms with van der Waals surface area (Å²) in [7, 11) is 0. The van der Waals surface area contributed by atoms with Gasteiger partial charge in [-0.05, 0) is 43.4 Å². The lowest BCUT2D eigenvalue weighted by Gasteiger charge is -2.29. The molecule has 0 saturated heterocycles. The first-order valence-corrected chi connectivity index (χ1v) is 7.98. The Kier molecular flexibility index (Phi) is 7.25. The number of likely N-dealkylation sites (N-methyl/N-ethyl adjacent to an activating group) is 1. The van der Waals surface area contributed by atoms with Crippen molar-refractivity contribution in [3.8, 4) is 0 Å². The normalized spacial score (nSPS) is 14.8. The monoisotopic (exact) mass is 277 g/mol. The molecular weight excluding hydrogens is 246 g/mol. The van der Waals surface area contributed by atoms with Crippen LogP contribution in [-0.2, 0) is 6.42 Å². The van der Waals surface area contributed by atoms with Gasteiger partial charge in [-0.2, -0.15) is 0 Å². The molecule has 1 rings (SSSR count). The van der Waals surface area contributed by atoms with Crippen LogP contribution in [0.2, 0.25) is 0 Å². The zero-order chi connectivity index (χ0) is 15.1. The van der Waals surface area contributed by atoms with E-state index in [1.165, 1.54) is 5.56 Å². The van der Waals surface area contributed by atoms with E-state index in [0.29, 0.717) is 12.0 Å². The molecule has 2 unspecified atom stereocenters. The minimum Gasteiger partial charge on any atom is -0.387 e. The van der Waals surface area contributed by atoms with Crippen LogP contribution < -0.4 is 0 Å². The van der Waals surface area contributed by atoms with Crippen molar-refractivity contribution in [2.45, 2.75) is 59.6 Å². The molecule has 20 heavy (non-hydrogen) atoms. The molecule has 1 aromatic carbocycles. The van der Waals surface area contributed by atoms with Gasteiger partial charge >= 0.3 is 0 Å². The van der Waals surface area contributed by atoms with Crippen molar-refractivity contribution >= 4 is 0 Å². The van der Waals surface area contributed by atoms with Gasteiger partial charge in [0.05, 0.1) is 6.10 Å². The van der Waals surface area contributed by atoms with Crippen molar-refractivity contribution in [3.63, 3.8) is 0 Å². The van der Waals surface area contributed by atoms with Crippen molar-refractivity contribution < 1.29 is 5.11 Å². The standard InChI is InChI=1S/C18H31NO/c1-6-15(5)19(7-2)13-18(20)17-10-8-16(9-11-17)12-14(3)4/h8-11,14-15,18,20H,6-7,12-13H2,1-5H3. The van der Waals surface area contributed by atoms with Gasteiger partial charge in [-0.1, -0.05) is 52.0 Å². The quantitative estimate of drug-likeness (QED) is 0.775. The Morgan fingerprint density at radius 2 is 1.65 bits per heavy atom. The molecule has 0 aliphatic heterocycles. The molecule has 2 atom stereocenters. The maximum Gasteiger partial charge on any atom is 0.0917 e. The van der Waals surface area contributed by atoms with Gasteiger partial charge in [-0.3, -0.25) is 4.90 Å².